The lowest BCUT2D eigenvalue weighted by Gasteiger charge is -2.26. The van der Waals surface area contributed by atoms with E-state index in [9.17, 15) is 4.79 Å². The van der Waals surface area contributed by atoms with Crippen molar-refractivity contribution in [3.05, 3.63) is 0 Å². The van der Waals surface area contributed by atoms with Gasteiger partial charge in [0.05, 0.1) is 0 Å². The summed E-state index contributed by atoms with van der Waals surface area (Å²) >= 11 is 0. The van der Waals surface area contributed by atoms with Crippen LogP contribution in [0.4, 0.5) is 0 Å². The fourth-order valence-corrected chi connectivity index (χ4v) is 2.31. The molecule has 3 heteroatoms. The van der Waals surface area contributed by atoms with Crippen LogP contribution < -0.4 is 11.1 Å². The molecule has 1 amide bonds. The smallest absolute Gasteiger partial charge is 0.223 e. The molecule has 0 spiro atoms. The Morgan fingerprint density at radius 2 is 2.27 bits per heavy atom. The molecule has 1 aliphatic carbocycles. The van der Waals surface area contributed by atoms with Crippen molar-refractivity contribution in [2.45, 2.75) is 52.5 Å². The maximum Gasteiger partial charge on any atom is 0.223 e. The molecule has 1 saturated carbocycles. The summed E-state index contributed by atoms with van der Waals surface area (Å²) in [6, 6.07) is 0.0958. The van der Waals surface area contributed by atoms with Crippen LogP contribution in [-0.2, 0) is 4.79 Å². The van der Waals surface area contributed by atoms with Gasteiger partial charge in [0, 0.05) is 18.5 Å². The first-order chi connectivity index (χ1) is 6.97. The highest BCUT2D eigenvalue weighted by Gasteiger charge is 2.39. The SMILES string of the molecule is CCC(N)CNC(=O)C1CCCC1(C)C. The first-order valence-electron chi connectivity index (χ1n) is 6.00. The Balaban J connectivity index is 2.40. The average molecular weight is 212 g/mol. The summed E-state index contributed by atoms with van der Waals surface area (Å²) in [7, 11) is 0. The summed E-state index contributed by atoms with van der Waals surface area (Å²) in [5.41, 5.74) is 5.94. The van der Waals surface area contributed by atoms with Crippen molar-refractivity contribution in [3.63, 3.8) is 0 Å². The Bertz CT molecular complexity index is 226. The second-order valence-corrected chi connectivity index (χ2v) is 5.35. The number of nitrogens with two attached hydrogens (primary N) is 1. The first kappa shape index (κ1) is 12.5. The van der Waals surface area contributed by atoms with Gasteiger partial charge < -0.3 is 11.1 Å². The third-order valence-corrected chi connectivity index (χ3v) is 3.64. The van der Waals surface area contributed by atoms with Gasteiger partial charge >= 0.3 is 0 Å². The monoisotopic (exact) mass is 212 g/mol. The molecule has 1 aliphatic rings. The zero-order valence-electron chi connectivity index (χ0n) is 10.2. The summed E-state index contributed by atoms with van der Waals surface area (Å²) in [5.74, 6) is 0.378. The van der Waals surface area contributed by atoms with Gasteiger partial charge in [-0.2, -0.15) is 0 Å². The van der Waals surface area contributed by atoms with Crippen molar-refractivity contribution in [1.29, 1.82) is 0 Å². The Kier molecular flexibility index (Phi) is 4.14. The van der Waals surface area contributed by atoms with Crippen LogP contribution in [0.1, 0.15) is 46.5 Å². The average Bonchev–Trinajstić information content (AvgIpc) is 2.53. The maximum atomic E-state index is 11.9. The van der Waals surface area contributed by atoms with Gasteiger partial charge in [0.25, 0.3) is 0 Å². The lowest BCUT2D eigenvalue weighted by Crippen LogP contribution is -2.42. The molecule has 0 aromatic heterocycles. The van der Waals surface area contributed by atoms with Crippen molar-refractivity contribution >= 4 is 5.91 Å². The summed E-state index contributed by atoms with van der Waals surface area (Å²) in [6.07, 6.45) is 4.27. The highest BCUT2D eigenvalue weighted by molar-refractivity contribution is 5.79. The van der Waals surface area contributed by atoms with Crippen LogP contribution >= 0.6 is 0 Å². The molecule has 3 N–H and O–H groups in total. The first-order valence-corrected chi connectivity index (χ1v) is 6.00. The van der Waals surface area contributed by atoms with Crippen LogP contribution in [-0.4, -0.2) is 18.5 Å². The molecule has 1 rings (SSSR count). The Morgan fingerprint density at radius 3 is 2.73 bits per heavy atom. The van der Waals surface area contributed by atoms with Gasteiger partial charge in [-0.25, -0.2) is 0 Å². The van der Waals surface area contributed by atoms with Crippen molar-refractivity contribution in [2.24, 2.45) is 17.1 Å². The fraction of sp³-hybridized carbons (Fsp3) is 0.917. The molecule has 2 unspecified atom stereocenters. The summed E-state index contributed by atoms with van der Waals surface area (Å²) in [4.78, 5) is 11.9. The number of amides is 1. The molecule has 0 aliphatic heterocycles. The Morgan fingerprint density at radius 1 is 1.60 bits per heavy atom. The molecular weight excluding hydrogens is 188 g/mol. The molecule has 0 saturated heterocycles. The molecule has 0 aromatic carbocycles. The lowest BCUT2D eigenvalue weighted by molar-refractivity contribution is -0.127. The van der Waals surface area contributed by atoms with Gasteiger partial charge in [-0.3, -0.25) is 4.79 Å². The van der Waals surface area contributed by atoms with Crippen LogP contribution in [0.2, 0.25) is 0 Å². The van der Waals surface area contributed by atoms with E-state index in [4.69, 9.17) is 5.73 Å². The second-order valence-electron chi connectivity index (χ2n) is 5.35. The molecule has 3 nitrogen and oxygen atoms in total. The summed E-state index contributed by atoms with van der Waals surface area (Å²) in [6.45, 7) is 7.02. The van der Waals surface area contributed by atoms with Gasteiger partial charge in [-0.1, -0.05) is 27.2 Å². The number of hydrogen-bond acceptors (Lipinski definition) is 2. The number of carbonyl (C=O) groups is 1. The normalized spacial score (nSPS) is 26.3. The highest BCUT2D eigenvalue weighted by atomic mass is 16.1. The Hall–Kier alpha value is -0.570. The molecule has 0 bridgehead atoms. The molecule has 0 aromatic rings. The van der Waals surface area contributed by atoms with Gasteiger partial charge in [-0.15, -0.1) is 0 Å². The molecular formula is C12H24N2O. The highest BCUT2D eigenvalue weighted by Crippen LogP contribution is 2.42. The summed E-state index contributed by atoms with van der Waals surface area (Å²) < 4.78 is 0. The fourth-order valence-electron chi connectivity index (χ4n) is 2.31. The second kappa shape index (κ2) is 4.97. The zero-order valence-corrected chi connectivity index (χ0v) is 10.2. The number of hydrogen-bond donors (Lipinski definition) is 2. The van der Waals surface area contributed by atoms with E-state index in [0.29, 0.717) is 6.54 Å². The van der Waals surface area contributed by atoms with E-state index in [1.54, 1.807) is 0 Å². The topological polar surface area (TPSA) is 55.1 Å². The Labute approximate surface area is 92.8 Å². The third kappa shape index (κ3) is 3.20. The van der Waals surface area contributed by atoms with Crippen LogP contribution in [0.15, 0.2) is 0 Å². The standard InChI is InChI=1S/C12H24N2O/c1-4-9(13)8-14-11(15)10-6-5-7-12(10,2)3/h9-10H,4-8,13H2,1-3H3,(H,14,15). The van der Waals surface area contributed by atoms with E-state index in [2.05, 4.69) is 19.2 Å². The van der Waals surface area contributed by atoms with E-state index in [-0.39, 0.29) is 23.3 Å². The molecule has 15 heavy (non-hydrogen) atoms. The van der Waals surface area contributed by atoms with E-state index in [1.165, 1.54) is 6.42 Å². The van der Waals surface area contributed by atoms with Crippen molar-refractivity contribution in [3.8, 4) is 0 Å². The third-order valence-electron chi connectivity index (χ3n) is 3.64. The zero-order chi connectivity index (χ0) is 11.5. The van der Waals surface area contributed by atoms with Crippen LogP contribution in [0, 0.1) is 11.3 Å². The van der Waals surface area contributed by atoms with Crippen LogP contribution in [0.25, 0.3) is 0 Å². The largest absolute Gasteiger partial charge is 0.354 e. The minimum Gasteiger partial charge on any atom is -0.354 e. The van der Waals surface area contributed by atoms with Gasteiger partial charge in [0.1, 0.15) is 0 Å². The van der Waals surface area contributed by atoms with E-state index >= 15 is 0 Å². The molecule has 1 fully saturated rings. The predicted molar refractivity (Wildman–Crippen MR) is 62.4 cm³/mol. The van der Waals surface area contributed by atoms with Gasteiger partial charge in [0.2, 0.25) is 5.91 Å². The van der Waals surface area contributed by atoms with Crippen LogP contribution in [0.3, 0.4) is 0 Å². The molecule has 88 valence electrons. The number of rotatable bonds is 4. The minimum atomic E-state index is 0.0958. The van der Waals surface area contributed by atoms with E-state index in [1.807, 2.05) is 6.92 Å². The van der Waals surface area contributed by atoms with Crippen LogP contribution in [0.5, 0.6) is 0 Å². The molecule has 0 heterocycles. The lowest BCUT2D eigenvalue weighted by atomic mass is 9.81. The van der Waals surface area contributed by atoms with E-state index < -0.39 is 0 Å². The van der Waals surface area contributed by atoms with Crippen molar-refractivity contribution in [2.75, 3.05) is 6.54 Å². The van der Waals surface area contributed by atoms with Gasteiger partial charge in [-0.05, 0) is 24.7 Å². The molecule has 2 atom stereocenters. The maximum absolute atomic E-state index is 11.9. The van der Waals surface area contributed by atoms with Crippen molar-refractivity contribution in [1.82, 2.24) is 5.32 Å². The number of nitrogens with one attached hydrogen (secondary N) is 1. The summed E-state index contributed by atoms with van der Waals surface area (Å²) in [5, 5.41) is 2.97. The minimum absolute atomic E-state index is 0.0958. The predicted octanol–water partition coefficient (Wildman–Crippen LogP) is 1.67. The molecule has 0 radical (unpaired) electrons. The quantitative estimate of drug-likeness (QED) is 0.744. The van der Waals surface area contributed by atoms with Crippen molar-refractivity contribution < 1.29 is 4.79 Å². The van der Waals surface area contributed by atoms with E-state index in [0.717, 1.165) is 19.3 Å². The number of carbonyl (C=O) groups excluding carboxylic acids is 1. The van der Waals surface area contributed by atoms with Gasteiger partial charge in [0.15, 0.2) is 0 Å².